The van der Waals surface area contributed by atoms with E-state index < -0.39 is 0 Å². The Morgan fingerprint density at radius 1 is 1.29 bits per heavy atom. The molecule has 0 aliphatic heterocycles. The fraction of sp³-hybridized carbons (Fsp3) is 0.357. The maximum Gasteiger partial charge on any atom is 0.122 e. The Labute approximate surface area is 102 Å². The Bertz CT molecular complexity index is 321. The molecule has 1 rings (SSSR count). The average molecular weight is 234 g/mol. The molecule has 0 aliphatic rings. The van der Waals surface area contributed by atoms with E-state index in [1.54, 1.807) is 6.08 Å². The van der Waals surface area contributed by atoms with Crippen molar-refractivity contribution in [3.8, 4) is 0 Å². The Kier molecular flexibility index (Phi) is 6.95. The van der Waals surface area contributed by atoms with Crippen LogP contribution in [0.3, 0.4) is 0 Å². The maximum atomic E-state index is 10.5. The zero-order valence-electron chi connectivity index (χ0n) is 9.88. The zero-order chi connectivity index (χ0) is 12.3. The van der Waals surface area contributed by atoms with Crippen molar-refractivity contribution < 1.29 is 14.3 Å². The third kappa shape index (κ3) is 6.00. The summed E-state index contributed by atoms with van der Waals surface area (Å²) in [7, 11) is 0. The lowest BCUT2D eigenvalue weighted by atomic mass is 10.2. The number of carbonyl (C=O) groups excluding carboxylic acids is 1. The highest BCUT2D eigenvalue weighted by Gasteiger charge is 2.07. The van der Waals surface area contributed by atoms with Crippen LogP contribution in [0, 0.1) is 0 Å². The van der Waals surface area contributed by atoms with Crippen molar-refractivity contribution in [2.75, 3.05) is 13.2 Å². The van der Waals surface area contributed by atoms with Crippen molar-refractivity contribution >= 4 is 6.29 Å². The van der Waals surface area contributed by atoms with Crippen LogP contribution in [0.4, 0.5) is 0 Å². The number of benzene rings is 1. The highest BCUT2D eigenvalue weighted by atomic mass is 16.5. The van der Waals surface area contributed by atoms with Crippen LogP contribution in [0.1, 0.15) is 12.0 Å². The van der Waals surface area contributed by atoms with Crippen LogP contribution in [0.5, 0.6) is 0 Å². The molecule has 0 N–H and O–H groups in total. The van der Waals surface area contributed by atoms with Crippen molar-refractivity contribution in [1.29, 1.82) is 0 Å². The van der Waals surface area contributed by atoms with Crippen molar-refractivity contribution in [2.45, 2.75) is 19.1 Å². The summed E-state index contributed by atoms with van der Waals surface area (Å²) >= 11 is 0. The Morgan fingerprint density at radius 3 is 2.71 bits per heavy atom. The lowest BCUT2D eigenvalue weighted by Crippen LogP contribution is -2.20. The number of hydrogen-bond donors (Lipinski definition) is 0. The number of hydrogen-bond acceptors (Lipinski definition) is 3. The van der Waals surface area contributed by atoms with Gasteiger partial charge in [-0.3, -0.25) is 0 Å². The zero-order valence-corrected chi connectivity index (χ0v) is 9.88. The molecule has 0 heterocycles. The van der Waals surface area contributed by atoms with Crippen LogP contribution in [-0.2, 0) is 20.9 Å². The Balaban J connectivity index is 2.26. The number of carbonyl (C=O) groups is 1. The predicted octanol–water partition coefficient (Wildman–Crippen LogP) is 2.36. The molecule has 0 fully saturated rings. The van der Waals surface area contributed by atoms with E-state index in [0.29, 0.717) is 26.2 Å². The van der Waals surface area contributed by atoms with E-state index in [9.17, 15) is 4.79 Å². The van der Waals surface area contributed by atoms with Gasteiger partial charge >= 0.3 is 0 Å². The van der Waals surface area contributed by atoms with E-state index in [2.05, 4.69) is 6.58 Å². The average Bonchev–Trinajstić information content (AvgIpc) is 2.37. The van der Waals surface area contributed by atoms with E-state index in [1.165, 1.54) is 0 Å². The van der Waals surface area contributed by atoms with E-state index in [-0.39, 0.29) is 6.10 Å². The van der Waals surface area contributed by atoms with Crippen LogP contribution in [0.15, 0.2) is 43.0 Å². The van der Waals surface area contributed by atoms with Crippen LogP contribution in [0.25, 0.3) is 0 Å². The van der Waals surface area contributed by atoms with E-state index in [1.807, 2.05) is 30.3 Å². The molecule has 1 aromatic carbocycles. The van der Waals surface area contributed by atoms with Crippen molar-refractivity contribution in [2.24, 2.45) is 0 Å². The highest BCUT2D eigenvalue weighted by Crippen LogP contribution is 2.03. The maximum absolute atomic E-state index is 10.5. The fourth-order valence-corrected chi connectivity index (χ4v) is 1.38. The molecule has 1 unspecified atom stereocenters. The van der Waals surface area contributed by atoms with Crippen LogP contribution >= 0.6 is 0 Å². The molecule has 0 aliphatic carbocycles. The molecule has 92 valence electrons. The van der Waals surface area contributed by atoms with Crippen LogP contribution in [0.2, 0.25) is 0 Å². The molecule has 0 spiro atoms. The van der Waals surface area contributed by atoms with Crippen LogP contribution in [-0.4, -0.2) is 25.6 Å². The first-order valence-electron chi connectivity index (χ1n) is 5.64. The summed E-state index contributed by atoms with van der Waals surface area (Å²) < 4.78 is 10.9. The van der Waals surface area contributed by atoms with Gasteiger partial charge in [0.15, 0.2) is 0 Å². The number of rotatable bonds is 9. The molecule has 0 saturated heterocycles. The minimum Gasteiger partial charge on any atom is -0.374 e. The quantitative estimate of drug-likeness (QED) is 0.486. The lowest BCUT2D eigenvalue weighted by Gasteiger charge is -2.14. The van der Waals surface area contributed by atoms with Crippen molar-refractivity contribution in [3.63, 3.8) is 0 Å². The van der Waals surface area contributed by atoms with Gasteiger partial charge in [0.2, 0.25) is 0 Å². The molecule has 0 radical (unpaired) electrons. The molecule has 0 aromatic heterocycles. The molecule has 3 nitrogen and oxygen atoms in total. The van der Waals surface area contributed by atoms with Gasteiger partial charge in [0.1, 0.15) is 6.29 Å². The van der Waals surface area contributed by atoms with Gasteiger partial charge in [0.05, 0.1) is 25.9 Å². The van der Waals surface area contributed by atoms with E-state index in [4.69, 9.17) is 9.47 Å². The molecule has 0 bridgehead atoms. The normalized spacial score (nSPS) is 12.0. The molecular formula is C14H18O3. The van der Waals surface area contributed by atoms with Crippen LogP contribution < -0.4 is 0 Å². The highest BCUT2D eigenvalue weighted by molar-refractivity contribution is 5.50. The van der Waals surface area contributed by atoms with Gasteiger partial charge in [0, 0.05) is 6.42 Å². The molecule has 1 aromatic rings. The molecule has 17 heavy (non-hydrogen) atoms. The topological polar surface area (TPSA) is 35.5 Å². The summed E-state index contributed by atoms with van der Waals surface area (Å²) in [6, 6.07) is 9.90. The van der Waals surface area contributed by atoms with E-state index in [0.717, 1.165) is 11.8 Å². The summed E-state index contributed by atoms with van der Waals surface area (Å²) in [5.74, 6) is 0. The summed E-state index contributed by atoms with van der Waals surface area (Å²) in [4.78, 5) is 10.5. The van der Waals surface area contributed by atoms with Gasteiger partial charge in [-0.1, -0.05) is 36.4 Å². The molecule has 1 atom stereocenters. The van der Waals surface area contributed by atoms with Crippen molar-refractivity contribution in [3.05, 3.63) is 48.6 Å². The van der Waals surface area contributed by atoms with Gasteiger partial charge in [-0.2, -0.15) is 0 Å². The number of ether oxygens (including phenoxy) is 2. The monoisotopic (exact) mass is 234 g/mol. The minimum atomic E-state index is -0.186. The second-order valence-corrected chi connectivity index (χ2v) is 3.65. The lowest BCUT2D eigenvalue weighted by molar-refractivity contribution is -0.111. The summed E-state index contributed by atoms with van der Waals surface area (Å²) in [6.07, 6.45) is 2.67. The SMILES string of the molecule is C=CCOC(CC=O)COCc1ccccc1. The van der Waals surface area contributed by atoms with Gasteiger partial charge in [-0.15, -0.1) is 6.58 Å². The standard InChI is InChI=1S/C14H18O3/c1-2-10-17-14(8-9-15)12-16-11-13-6-4-3-5-7-13/h2-7,9,14H,1,8,10-12H2. The first kappa shape index (κ1) is 13.6. The third-order valence-electron chi connectivity index (χ3n) is 2.22. The number of aldehydes is 1. The minimum absolute atomic E-state index is 0.186. The van der Waals surface area contributed by atoms with E-state index >= 15 is 0 Å². The summed E-state index contributed by atoms with van der Waals surface area (Å²) in [5.41, 5.74) is 1.11. The van der Waals surface area contributed by atoms with Gasteiger partial charge < -0.3 is 14.3 Å². The molecular weight excluding hydrogens is 216 g/mol. The van der Waals surface area contributed by atoms with Gasteiger partial charge in [0.25, 0.3) is 0 Å². The first-order valence-corrected chi connectivity index (χ1v) is 5.64. The Morgan fingerprint density at radius 2 is 2.06 bits per heavy atom. The third-order valence-corrected chi connectivity index (χ3v) is 2.22. The largest absolute Gasteiger partial charge is 0.374 e. The Hall–Kier alpha value is -1.45. The van der Waals surface area contributed by atoms with Gasteiger partial charge in [-0.25, -0.2) is 0 Å². The van der Waals surface area contributed by atoms with Gasteiger partial charge in [-0.05, 0) is 5.56 Å². The molecule has 0 amide bonds. The smallest absolute Gasteiger partial charge is 0.122 e. The molecule has 0 saturated carbocycles. The van der Waals surface area contributed by atoms with Crippen molar-refractivity contribution in [1.82, 2.24) is 0 Å². The molecule has 3 heteroatoms. The summed E-state index contributed by atoms with van der Waals surface area (Å²) in [6.45, 7) is 4.96. The summed E-state index contributed by atoms with van der Waals surface area (Å²) in [5, 5.41) is 0. The fourth-order valence-electron chi connectivity index (χ4n) is 1.38. The second kappa shape index (κ2) is 8.67. The first-order chi connectivity index (χ1) is 8.36. The predicted molar refractivity (Wildman–Crippen MR) is 66.7 cm³/mol. The second-order valence-electron chi connectivity index (χ2n) is 3.65.